The van der Waals surface area contributed by atoms with E-state index in [-0.39, 0.29) is 11.9 Å². The second-order valence-electron chi connectivity index (χ2n) is 6.60. The number of halogens is 3. The number of hydrogen-bond acceptors (Lipinski definition) is 3. The summed E-state index contributed by atoms with van der Waals surface area (Å²) >= 11 is 0. The molecule has 0 spiro atoms. The van der Waals surface area contributed by atoms with E-state index < -0.39 is 17.8 Å². The van der Waals surface area contributed by atoms with Gasteiger partial charge in [-0.3, -0.25) is 0 Å². The first-order chi connectivity index (χ1) is 13.3. The van der Waals surface area contributed by atoms with Gasteiger partial charge in [0.05, 0.1) is 5.56 Å². The molecule has 1 heterocycles. The molecule has 1 unspecified atom stereocenters. The standard InChI is InChI=1S/C20H19F3N2O3/c21-20(22,23)15-7-8-18(24-12-15)28-17-6-2-4-14(11-17)9-13-3-1-5-16(10-13)25-19(26)27/h2,4,6-9,11-12,16,25H,1,3,5,10H2,(H,26,27)/b13-9+. The molecular weight excluding hydrogens is 373 g/mol. The van der Waals surface area contributed by atoms with Crippen LogP contribution in [0.1, 0.15) is 36.8 Å². The quantitative estimate of drug-likeness (QED) is 0.722. The minimum Gasteiger partial charge on any atom is -0.465 e. The number of amides is 1. The van der Waals surface area contributed by atoms with Crippen LogP contribution in [0, 0.1) is 0 Å². The number of pyridine rings is 1. The molecule has 5 nitrogen and oxygen atoms in total. The van der Waals surface area contributed by atoms with Crippen LogP contribution in [0.3, 0.4) is 0 Å². The topological polar surface area (TPSA) is 71.5 Å². The summed E-state index contributed by atoms with van der Waals surface area (Å²) in [4.78, 5) is 14.5. The Hall–Kier alpha value is -3.03. The second kappa shape index (κ2) is 8.33. The van der Waals surface area contributed by atoms with E-state index in [1.54, 1.807) is 18.2 Å². The van der Waals surface area contributed by atoms with E-state index in [1.165, 1.54) is 6.07 Å². The van der Waals surface area contributed by atoms with Gasteiger partial charge in [0.25, 0.3) is 0 Å². The third kappa shape index (κ3) is 5.48. The molecule has 8 heteroatoms. The Bertz CT molecular complexity index is 864. The van der Waals surface area contributed by atoms with Crippen LogP contribution in [-0.2, 0) is 6.18 Å². The summed E-state index contributed by atoms with van der Waals surface area (Å²) in [6, 6.07) is 9.13. The monoisotopic (exact) mass is 392 g/mol. The molecule has 1 aromatic carbocycles. The van der Waals surface area contributed by atoms with Gasteiger partial charge in [0.15, 0.2) is 0 Å². The molecule has 148 valence electrons. The zero-order valence-corrected chi connectivity index (χ0v) is 14.9. The second-order valence-corrected chi connectivity index (χ2v) is 6.60. The highest BCUT2D eigenvalue weighted by molar-refractivity contribution is 5.65. The summed E-state index contributed by atoms with van der Waals surface area (Å²) in [5.74, 6) is 0.527. The van der Waals surface area contributed by atoms with Crippen molar-refractivity contribution in [2.24, 2.45) is 0 Å². The molecule has 1 aromatic heterocycles. The van der Waals surface area contributed by atoms with Gasteiger partial charge in [-0.1, -0.05) is 23.8 Å². The first-order valence-electron chi connectivity index (χ1n) is 8.80. The number of rotatable bonds is 4. The van der Waals surface area contributed by atoms with Gasteiger partial charge in [-0.25, -0.2) is 9.78 Å². The largest absolute Gasteiger partial charge is 0.465 e. The molecule has 2 N–H and O–H groups in total. The van der Waals surface area contributed by atoms with Crippen molar-refractivity contribution in [1.82, 2.24) is 10.3 Å². The number of alkyl halides is 3. The first kappa shape index (κ1) is 19.7. The molecule has 1 fully saturated rings. The summed E-state index contributed by atoms with van der Waals surface area (Å²) in [5.41, 5.74) is 1.17. The van der Waals surface area contributed by atoms with E-state index in [0.29, 0.717) is 12.2 Å². The SMILES string of the molecule is O=C(O)NC1CCC/C(=C\c2cccc(Oc3ccc(C(F)(F)F)cn3)c2)C1. The molecule has 0 saturated heterocycles. The Balaban J connectivity index is 1.69. The fourth-order valence-electron chi connectivity index (χ4n) is 3.16. The van der Waals surface area contributed by atoms with Crippen molar-refractivity contribution in [1.29, 1.82) is 0 Å². The smallest absolute Gasteiger partial charge is 0.417 e. The lowest BCUT2D eigenvalue weighted by Crippen LogP contribution is -2.35. The van der Waals surface area contributed by atoms with Crippen molar-refractivity contribution in [3.63, 3.8) is 0 Å². The van der Waals surface area contributed by atoms with Crippen molar-refractivity contribution in [3.8, 4) is 11.6 Å². The van der Waals surface area contributed by atoms with Gasteiger partial charge in [-0.2, -0.15) is 13.2 Å². The fourth-order valence-corrected chi connectivity index (χ4v) is 3.16. The van der Waals surface area contributed by atoms with Gasteiger partial charge in [0.2, 0.25) is 5.88 Å². The van der Waals surface area contributed by atoms with Crippen LogP contribution in [0.25, 0.3) is 6.08 Å². The molecule has 2 aromatic rings. The summed E-state index contributed by atoms with van der Waals surface area (Å²) in [6.45, 7) is 0. The van der Waals surface area contributed by atoms with Crippen LogP contribution >= 0.6 is 0 Å². The lowest BCUT2D eigenvalue weighted by atomic mass is 9.89. The Morgan fingerprint density at radius 2 is 2.11 bits per heavy atom. The highest BCUT2D eigenvalue weighted by Crippen LogP contribution is 2.31. The van der Waals surface area contributed by atoms with Crippen molar-refractivity contribution in [2.75, 3.05) is 0 Å². The highest BCUT2D eigenvalue weighted by atomic mass is 19.4. The van der Waals surface area contributed by atoms with Crippen LogP contribution in [-0.4, -0.2) is 22.2 Å². The van der Waals surface area contributed by atoms with Crippen molar-refractivity contribution < 1.29 is 27.8 Å². The Labute approximate surface area is 159 Å². The van der Waals surface area contributed by atoms with Crippen molar-refractivity contribution in [3.05, 3.63) is 59.3 Å². The number of nitrogens with one attached hydrogen (secondary N) is 1. The number of ether oxygens (including phenoxy) is 1. The van der Waals surface area contributed by atoms with E-state index in [2.05, 4.69) is 10.3 Å². The summed E-state index contributed by atoms with van der Waals surface area (Å²) < 4.78 is 43.3. The number of benzene rings is 1. The van der Waals surface area contributed by atoms with E-state index in [9.17, 15) is 18.0 Å². The van der Waals surface area contributed by atoms with Crippen molar-refractivity contribution in [2.45, 2.75) is 37.9 Å². The molecule has 3 rings (SSSR count). The summed E-state index contributed by atoms with van der Waals surface area (Å²) in [7, 11) is 0. The number of nitrogens with zero attached hydrogens (tertiary/aromatic N) is 1. The molecule has 1 saturated carbocycles. The van der Waals surface area contributed by atoms with E-state index >= 15 is 0 Å². The van der Waals surface area contributed by atoms with Gasteiger partial charge in [-0.05, 0) is 49.4 Å². The predicted molar refractivity (Wildman–Crippen MR) is 97.1 cm³/mol. The first-order valence-corrected chi connectivity index (χ1v) is 8.80. The minimum absolute atomic E-state index is 0.0705. The number of carbonyl (C=O) groups is 1. The number of aromatic nitrogens is 1. The molecule has 1 aliphatic carbocycles. The molecular formula is C20H19F3N2O3. The predicted octanol–water partition coefficient (Wildman–Crippen LogP) is 5.49. The van der Waals surface area contributed by atoms with Gasteiger partial charge in [0, 0.05) is 18.3 Å². The molecule has 28 heavy (non-hydrogen) atoms. The van der Waals surface area contributed by atoms with Gasteiger partial charge in [0.1, 0.15) is 5.75 Å². The Morgan fingerprint density at radius 1 is 1.29 bits per heavy atom. The molecule has 0 radical (unpaired) electrons. The van der Waals surface area contributed by atoms with Crippen LogP contribution in [0.4, 0.5) is 18.0 Å². The van der Waals surface area contributed by atoms with Crippen LogP contribution in [0.2, 0.25) is 0 Å². The van der Waals surface area contributed by atoms with Gasteiger partial charge >= 0.3 is 12.3 Å². The normalized spacial score (nSPS) is 18.7. The maximum atomic E-state index is 12.6. The third-order valence-electron chi connectivity index (χ3n) is 4.40. The lowest BCUT2D eigenvalue weighted by molar-refractivity contribution is -0.137. The third-order valence-corrected chi connectivity index (χ3v) is 4.40. The average Bonchev–Trinajstić information content (AvgIpc) is 2.61. The van der Waals surface area contributed by atoms with E-state index in [4.69, 9.17) is 9.84 Å². The lowest BCUT2D eigenvalue weighted by Gasteiger charge is -2.24. The summed E-state index contributed by atoms with van der Waals surface area (Å²) in [5, 5.41) is 11.4. The maximum absolute atomic E-state index is 12.6. The zero-order valence-electron chi connectivity index (χ0n) is 14.9. The fraction of sp³-hybridized carbons (Fsp3) is 0.300. The van der Waals surface area contributed by atoms with E-state index in [1.807, 2.05) is 12.1 Å². The van der Waals surface area contributed by atoms with Crippen molar-refractivity contribution >= 4 is 12.2 Å². The van der Waals surface area contributed by atoms with Crippen LogP contribution in [0.5, 0.6) is 11.6 Å². The molecule has 1 amide bonds. The van der Waals surface area contributed by atoms with E-state index in [0.717, 1.165) is 42.7 Å². The molecule has 0 aliphatic heterocycles. The summed E-state index contributed by atoms with van der Waals surface area (Å²) in [6.07, 6.45) is 0.522. The molecule has 1 aliphatic rings. The van der Waals surface area contributed by atoms with Crippen LogP contribution < -0.4 is 10.1 Å². The Kier molecular flexibility index (Phi) is 5.87. The average molecular weight is 392 g/mol. The van der Waals surface area contributed by atoms with Gasteiger partial charge < -0.3 is 15.2 Å². The Morgan fingerprint density at radius 3 is 2.79 bits per heavy atom. The molecule has 0 bridgehead atoms. The maximum Gasteiger partial charge on any atom is 0.417 e. The van der Waals surface area contributed by atoms with Gasteiger partial charge in [-0.15, -0.1) is 0 Å². The number of carboxylic acid groups (broad SMARTS) is 1. The zero-order chi connectivity index (χ0) is 20.1. The minimum atomic E-state index is -4.44. The molecule has 1 atom stereocenters. The van der Waals surface area contributed by atoms with Crippen LogP contribution in [0.15, 0.2) is 48.2 Å². The highest BCUT2D eigenvalue weighted by Gasteiger charge is 2.30. The number of hydrogen-bond donors (Lipinski definition) is 2.